The number of carbonyl (C=O) groups excluding carboxylic acids is 1. The summed E-state index contributed by atoms with van der Waals surface area (Å²) in [5.41, 5.74) is 5.96. The molecule has 2 aromatic carbocycles. The van der Waals surface area contributed by atoms with Gasteiger partial charge in [-0.15, -0.1) is 0 Å². The van der Waals surface area contributed by atoms with E-state index in [-0.39, 0.29) is 12.6 Å². The van der Waals surface area contributed by atoms with Gasteiger partial charge in [0.25, 0.3) is 0 Å². The molecule has 5 nitrogen and oxygen atoms in total. The Morgan fingerprint density at radius 1 is 1.15 bits per heavy atom. The van der Waals surface area contributed by atoms with E-state index in [2.05, 4.69) is 29.7 Å². The van der Waals surface area contributed by atoms with Crippen molar-refractivity contribution < 1.29 is 9.90 Å². The van der Waals surface area contributed by atoms with Crippen molar-refractivity contribution in [3.05, 3.63) is 59.8 Å². The van der Waals surface area contributed by atoms with Gasteiger partial charge >= 0.3 is 6.03 Å². The molecule has 0 aliphatic rings. The number of nitrogens with zero attached hydrogens (tertiary/aromatic N) is 1. The summed E-state index contributed by atoms with van der Waals surface area (Å²) in [5, 5.41) is 16.1. The number of urea groups is 1. The summed E-state index contributed by atoms with van der Waals surface area (Å²) in [6.45, 7) is 6.21. The quantitative estimate of drug-likeness (QED) is 0.628. The number of amides is 2. The molecular weight excluding hydrogens is 338 g/mol. The minimum atomic E-state index is -0.532. The average molecular weight is 363 g/mol. The summed E-state index contributed by atoms with van der Waals surface area (Å²) >= 11 is 0. The average Bonchev–Trinajstić information content (AvgIpc) is 2.67. The highest BCUT2D eigenvalue weighted by molar-refractivity contribution is 5.95. The van der Waals surface area contributed by atoms with Crippen LogP contribution in [-0.4, -0.2) is 28.8 Å². The smallest absolute Gasteiger partial charge is 0.319 e. The van der Waals surface area contributed by atoms with Gasteiger partial charge in [0.15, 0.2) is 0 Å². The van der Waals surface area contributed by atoms with E-state index in [4.69, 9.17) is 4.98 Å². The Kier molecular flexibility index (Phi) is 5.72. The molecule has 140 valence electrons. The Hall–Kier alpha value is -2.92. The number of hydrogen-bond acceptors (Lipinski definition) is 3. The molecule has 1 aromatic heterocycles. The van der Waals surface area contributed by atoms with Crippen LogP contribution in [-0.2, 0) is 0 Å². The molecule has 3 aromatic rings. The number of benzene rings is 2. The number of aromatic nitrogens is 1. The predicted molar refractivity (Wildman–Crippen MR) is 110 cm³/mol. The van der Waals surface area contributed by atoms with Crippen molar-refractivity contribution >= 4 is 22.6 Å². The number of fused-ring (bicyclic) bond motifs is 1. The molecule has 27 heavy (non-hydrogen) atoms. The third kappa shape index (κ3) is 4.26. The number of anilines is 1. The molecule has 1 heterocycles. The van der Waals surface area contributed by atoms with Crippen molar-refractivity contribution in [3.63, 3.8) is 0 Å². The molecular formula is C22H25N3O2. The van der Waals surface area contributed by atoms with Crippen LogP contribution in [0.5, 0.6) is 0 Å². The number of pyridine rings is 1. The van der Waals surface area contributed by atoms with Crippen LogP contribution in [0.15, 0.2) is 48.5 Å². The van der Waals surface area contributed by atoms with Gasteiger partial charge in [-0.05, 0) is 49.6 Å². The zero-order chi connectivity index (χ0) is 19.4. The second-order valence-corrected chi connectivity index (χ2v) is 6.69. The van der Waals surface area contributed by atoms with E-state index in [1.165, 1.54) is 0 Å². The Morgan fingerprint density at radius 3 is 2.59 bits per heavy atom. The topological polar surface area (TPSA) is 74.2 Å². The first-order valence-corrected chi connectivity index (χ1v) is 9.19. The van der Waals surface area contributed by atoms with Gasteiger partial charge < -0.3 is 15.7 Å². The van der Waals surface area contributed by atoms with E-state index in [0.717, 1.165) is 33.3 Å². The monoisotopic (exact) mass is 363 g/mol. The normalized spacial score (nSPS) is 12.0. The van der Waals surface area contributed by atoms with Crippen molar-refractivity contribution in [1.29, 1.82) is 0 Å². The maximum absolute atomic E-state index is 12.0. The van der Waals surface area contributed by atoms with Crippen LogP contribution in [0.3, 0.4) is 0 Å². The first-order valence-electron chi connectivity index (χ1n) is 9.19. The van der Waals surface area contributed by atoms with Crippen LogP contribution in [0.2, 0.25) is 0 Å². The Balaban J connectivity index is 1.91. The molecule has 0 saturated heterocycles. The van der Waals surface area contributed by atoms with Crippen LogP contribution in [0, 0.1) is 13.8 Å². The minimum absolute atomic E-state index is 0.230. The number of rotatable bonds is 5. The number of hydrogen-bond donors (Lipinski definition) is 3. The number of aryl methyl sites for hydroxylation is 2. The molecule has 0 saturated carbocycles. The highest BCUT2D eigenvalue weighted by Crippen LogP contribution is 2.32. The summed E-state index contributed by atoms with van der Waals surface area (Å²) in [5.74, 6) is 0. The van der Waals surface area contributed by atoms with Crippen molar-refractivity contribution in [3.8, 4) is 11.1 Å². The highest BCUT2D eigenvalue weighted by atomic mass is 16.3. The molecule has 0 radical (unpaired) electrons. The van der Waals surface area contributed by atoms with E-state index in [1.807, 2.05) is 50.2 Å². The van der Waals surface area contributed by atoms with E-state index in [9.17, 15) is 9.90 Å². The van der Waals surface area contributed by atoms with Crippen LogP contribution >= 0.6 is 0 Å². The van der Waals surface area contributed by atoms with Crippen LogP contribution in [0.25, 0.3) is 22.0 Å². The first-order chi connectivity index (χ1) is 13.0. The Morgan fingerprint density at radius 2 is 1.89 bits per heavy atom. The van der Waals surface area contributed by atoms with E-state index in [1.54, 1.807) is 0 Å². The van der Waals surface area contributed by atoms with Gasteiger partial charge in [-0.3, -0.25) is 4.98 Å². The first kappa shape index (κ1) is 18.9. The summed E-state index contributed by atoms with van der Waals surface area (Å²) in [6, 6.07) is 15.6. The predicted octanol–water partition coefficient (Wildman–Crippen LogP) is 4.41. The van der Waals surface area contributed by atoms with E-state index >= 15 is 0 Å². The highest BCUT2D eigenvalue weighted by Gasteiger charge is 2.12. The van der Waals surface area contributed by atoms with Crippen molar-refractivity contribution in [2.75, 3.05) is 11.9 Å². The van der Waals surface area contributed by atoms with E-state index in [0.29, 0.717) is 12.1 Å². The van der Waals surface area contributed by atoms with Crippen molar-refractivity contribution in [2.24, 2.45) is 0 Å². The molecule has 0 bridgehead atoms. The van der Waals surface area contributed by atoms with Gasteiger partial charge in [-0.2, -0.15) is 0 Å². The SMILES string of the molecule is CC[C@@H](O)CNC(=O)Nc1ccc2nc(C)c(-c3ccccc3)c(C)c2c1. The molecule has 0 unspecified atom stereocenters. The lowest BCUT2D eigenvalue weighted by Crippen LogP contribution is -2.34. The maximum Gasteiger partial charge on any atom is 0.319 e. The number of aliphatic hydroxyl groups excluding tert-OH is 1. The van der Waals surface area contributed by atoms with Crippen LogP contribution < -0.4 is 10.6 Å². The second kappa shape index (κ2) is 8.18. The number of nitrogens with one attached hydrogen (secondary N) is 2. The molecule has 3 rings (SSSR count). The molecule has 5 heteroatoms. The fourth-order valence-corrected chi connectivity index (χ4v) is 3.21. The fourth-order valence-electron chi connectivity index (χ4n) is 3.21. The summed E-state index contributed by atoms with van der Waals surface area (Å²) in [7, 11) is 0. The molecule has 2 amide bonds. The molecule has 3 N–H and O–H groups in total. The van der Waals surface area contributed by atoms with Gasteiger partial charge in [0.1, 0.15) is 0 Å². The van der Waals surface area contributed by atoms with Gasteiger partial charge in [0, 0.05) is 28.9 Å². The minimum Gasteiger partial charge on any atom is -0.391 e. The maximum atomic E-state index is 12.0. The second-order valence-electron chi connectivity index (χ2n) is 6.69. The van der Waals surface area contributed by atoms with Gasteiger partial charge in [-0.1, -0.05) is 37.3 Å². The lowest BCUT2D eigenvalue weighted by atomic mass is 9.96. The van der Waals surface area contributed by atoms with Crippen LogP contribution in [0.1, 0.15) is 24.6 Å². The van der Waals surface area contributed by atoms with E-state index < -0.39 is 6.10 Å². The molecule has 1 atom stereocenters. The summed E-state index contributed by atoms with van der Waals surface area (Å²) in [6.07, 6.45) is 0.0677. The summed E-state index contributed by atoms with van der Waals surface area (Å²) < 4.78 is 0. The number of aliphatic hydroxyl groups is 1. The van der Waals surface area contributed by atoms with Gasteiger partial charge in [0.2, 0.25) is 0 Å². The Labute approximate surface area is 159 Å². The van der Waals surface area contributed by atoms with Gasteiger partial charge in [0.05, 0.1) is 11.6 Å². The van der Waals surface area contributed by atoms with Crippen molar-refractivity contribution in [2.45, 2.75) is 33.3 Å². The zero-order valence-corrected chi connectivity index (χ0v) is 15.9. The summed E-state index contributed by atoms with van der Waals surface area (Å²) in [4.78, 5) is 16.8. The lowest BCUT2D eigenvalue weighted by Gasteiger charge is -2.15. The van der Waals surface area contributed by atoms with Gasteiger partial charge in [-0.25, -0.2) is 4.79 Å². The third-order valence-corrected chi connectivity index (χ3v) is 4.72. The fraction of sp³-hybridized carbons (Fsp3) is 0.273. The molecule has 0 fully saturated rings. The largest absolute Gasteiger partial charge is 0.391 e. The Bertz CT molecular complexity index is 955. The zero-order valence-electron chi connectivity index (χ0n) is 15.9. The standard InChI is InChI=1S/C22H25N3O2/c1-4-18(26)13-23-22(27)25-17-10-11-20-19(12-17)14(2)21(15(3)24-20)16-8-6-5-7-9-16/h5-12,18,26H,4,13H2,1-3H3,(H2,23,25,27)/t18-/m1/s1. The van der Waals surface area contributed by atoms with Crippen LogP contribution in [0.4, 0.5) is 10.5 Å². The third-order valence-electron chi connectivity index (χ3n) is 4.72. The molecule has 0 spiro atoms. The van der Waals surface area contributed by atoms with Crippen molar-refractivity contribution in [1.82, 2.24) is 10.3 Å². The molecule has 0 aliphatic carbocycles. The molecule has 0 aliphatic heterocycles. The number of carbonyl (C=O) groups is 1. The lowest BCUT2D eigenvalue weighted by molar-refractivity contribution is 0.168.